The summed E-state index contributed by atoms with van der Waals surface area (Å²) >= 11 is 0. The van der Waals surface area contributed by atoms with Gasteiger partial charge in [-0.15, -0.1) is 0 Å². The van der Waals surface area contributed by atoms with Crippen molar-refractivity contribution >= 4 is 17.6 Å². The van der Waals surface area contributed by atoms with Gasteiger partial charge < -0.3 is 10.0 Å². The Balaban J connectivity index is 2.00. The Labute approximate surface area is 154 Å². The van der Waals surface area contributed by atoms with Gasteiger partial charge in [0.1, 0.15) is 5.82 Å². The van der Waals surface area contributed by atoms with E-state index in [1.165, 1.54) is 17.0 Å². The van der Waals surface area contributed by atoms with Gasteiger partial charge in [0.2, 0.25) is 0 Å². The fourth-order valence-electron chi connectivity index (χ4n) is 3.43. The van der Waals surface area contributed by atoms with Crippen LogP contribution >= 0.6 is 0 Å². The predicted molar refractivity (Wildman–Crippen MR) is 94.0 cm³/mol. The number of nitro benzene ring substituents is 1. The van der Waals surface area contributed by atoms with Crippen LogP contribution < -0.4 is 0 Å². The molecule has 0 radical (unpaired) electrons. The van der Waals surface area contributed by atoms with Crippen LogP contribution in [0.4, 0.5) is 10.1 Å². The third-order valence-corrected chi connectivity index (χ3v) is 4.63. The Hall–Kier alpha value is -3.29. The second kappa shape index (κ2) is 7.14. The molecule has 1 fully saturated rings. The number of likely N-dealkylation sites (tertiary alicyclic amines) is 1. The maximum absolute atomic E-state index is 13.6. The number of hydrogen-bond acceptors (Lipinski definition) is 4. The lowest BCUT2D eigenvalue weighted by Gasteiger charge is -2.25. The Morgan fingerprint density at radius 3 is 2.56 bits per heavy atom. The van der Waals surface area contributed by atoms with Crippen molar-refractivity contribution in [2.75, 3.05) is 6.54 Å². The predicted octanol–water partition coefficient (Wildman–Crippen LogP) is 3.66. The molecule has 0 aliphatic carbocycles. The van der Waals surface area contributed by atoms with Gasteiger partial charge in [0.15, 0.2) is 0 Å². The lowest BCUT2D eigenvalue weighted by Crippen LogP contribution is -2.31. The Bertz CT molecular complexity index is 898. The van der Waals surface area contributed by atoms with Crippen molar-refractivity contribution in [3.05, 3.63) is 75.1 Å². The van der Waals surface area contributed by atoms with Crippen molar-refractivity contribution in [1.29, 1.82) is 0 Å². The normalized spacial score (nSPS) is 19.1. The molecule has 0 saturated carbocycles. The van der Waals surface area contributed by atoms with Gasteiger partial charge in [-0.3, -0.25) is 14.9 Å². The number of non-ortho nitro benzene ring substituents is 1. The maximum Gasteiger partial charge on any atom is 0.335 e. The SMILES string of the molecule is CC1CC(c2cccc(F)c2)N(C(=O)c2cc(C(=O)O)cc([N+](=O)[O-])c2)C1. The minimum atomic E-state index is -1.36. The molecule has 1 N–H and O–H groups in total. The number of carbonyl (C=O) groups is 2. The number of nitrogens with zero attached hydrogens (tertiary/aromatic N) is 2. The number of hydrogen-bond donors (Lipinski definition) is 1. The molecule has 1 aliphatic rings. The lowest BCUT2D eigenvalue weighted by atomic mass is 10.0. The Kier molecular flexibility index (Phi) is 4.89. The van der Waals surface area contributed by atoms with Crippen LogP contribution in [0.5, 0.6) is 0 Å². The van der Waals surface area contributed by atoms with Crippen molar-refractivity contribution in [2.24, 2.45) is 5.92 Å². The quantitative estimate of drug-likeness (QED) is 0.652. The number of benzene rings is 2. The molecular formula is C19H17FN2O5. The first-order valence-electron chi connectivity index (χ1n) is 8.35. The third-order valence-electron chi connectivity index (χ3n) is 4.63. The molecule has 2 atom stereocenters. The van der Waals surface area contributed by atoms with Crippen LogP contribution in [0.2, 0.25) is 0 Å². The highest BCUT2D eigenvalue weighted by atomic mass is 19.1. The Morgan fingerprint density at radius 1 is 1.22 bits per heavy atom. The molecule has 2 aromatic rings. The zero-order valence-electron chi connectivity index (χ0n) is 14.5. The first kappa shape index (κ1) is 18.5. The van der Waals surface area contributed by atoms with E-state index < -0.39 is 28.3 Å². The average molecular weight is 372 g/mol. The van der Waals surface area contributed by atoms with Gasteiger partial charge in [-0.2, -0.15) is 0 Å². The van der Waals surface area contributed by atoms with Crippen LogP contribution in [0.1, 0.15) is 45.7 Å². The zero-order valence-corrected chi connectivity index (χ0v) is 14.5. The summed E-state index contributed by atoms with van der Waals surface area (Å²) in [5.74, 6) is -2.13. The molecule has 1 amide bonds. The minimum Gasteiger partial charge on any atom is -0.478 e. The third kappa shape index (κ3) is 3.79. The lowest BCUT2D eigenvalue weighted by molar-refractivity contribution is -0.384. The topological polar surface area (TPSA) is 101 Å². The number of carboxylic acids is 1. The summed E-state index contributed by atoms with van der Waals surface area (Å²) in [5.41, 5.74) is -0.233. The summed E-state index contributed by atoms with van der Waals surface area (Å²) in [6.45, 7) is 2.35. The second-order valence-electron chi connectivity index (χ2n) is 6.70. The highest BCUT2D eigenvalue weighted by Gasteiger charge is 2.35. The Morgan fingerprint density at radius 2 is 1.93 bits per heavy atom. The average Bonchev–Trinajstić information content (AvgIpc) is 3.02. The van der Waals surface area contributed by atoms with Crippen LogP contribution in [-0.2, 0) is 0 Å². The van der Waals surface area contributed by atoms with E-state index in [-0.39, 0.29) is 23.1 Å². The molecule has 0 bridgehead atoms. The highest BCUT2D eigenvalue weighted by molar-refractivity contribution is 5.98. The molecule has 27 heavy (non-hydrogen) atoms. The van der Waals surface area contributed by atoms with Gasteiger partial charge in [-0.25, -0.2) is 9.18 Å². The van der Waals surface area contributed by atoms with Crippen LogP contribution in [-0.4, -0.2) is 33.4 Å². The number of carbonyl (C=O) groups excluding carboxylic acids is 1. The van der Waals surface area contributed by atoms with Gasteiger partial charge in [0, 0.05) is 24.2 Å². The van der Waals surface area contributed by atoms with Gasteiger partial charge in [-0.1, -0.05) is 19.1 Å². The smallest absolute Gasteiger partial charge is 0.335 e. The first-order valence-corrected chi connectivity index (χ1v) is 8.35. The molecule has 0 aromatic heterocycles. The van der Waals surface area contributed by atoms with Crippen molar-refractivity contribution < 1.29 is 24.0 Å². The molecule has 8 heteroatoms. The largest absolute Gasteiger partial charge is 0.478 e. The van der Waals surface area contributed by atoms with Gasteiger partial charge in [0.05, 0.1) is 16.5 Å². The van der Waals surface area contributed by atoms with Crippen LogP contribution in [0.25, 0.3) is 0 Å². The first-order chi connectivity index (χ1) is 12.8. The van der Waals surface area contributed by atoms with E-state index >= 15 is 0 Å². The fourth-order valence-corrected chi connectivity index (χ4v) is 3.43. The number of rotatable bonds is 4. The van der Waals surface area contributed by atoms with Crippen molar-refractivity contribution in [2.45, 2.75) is 19.4 Å². The summed E-state index contributed by atoms with van der Waals surface area (Å²) in [7, 11) is 0. The number of amides is 1. The number of carboxylic acid groups (broad SMARTS) is 1. The molecular weight excluding hydrogens is 355 g/mol. The van der Waals surface area contributed by atoms with Crippen molar-refractivity contribution in [1.82, 2.24) is 4.90 Å². The highest BCUT2D eigenvalue weighted by Crippen LogP contribution is 2.37. The van der Waals surface area contributed by atoms with E-state index in [1.807, 2.05) is 6.92 Å². The van der Waals surface area contributed by atoms with Crippen LogP contribution in [0.15, 0.2) is 42.5 Å². The van der Waals surface area contributed by atoms with E-state index in [9.17, 15) is 29.2 Å². The molecule has 140 valence electrons. The monoisotopic (exact) mass is 372 g/mol. The van der Waals surface area contributed by atoms with Crippen molar-refractivity contribution in [3.8, 4) is 0 Å². The van der Waals surface area contributed by atoms with E-state index in [0.717, 1.165) is 18.2 Å². The molecule has 3 rings (SSSR count). The summed E-state index contributed by atoms with van der Waals surface area (Å²) in [4.78, 5) is 36.2. The molecule has 2 unspecified atom stereocenters. The summed E-state index contributed by atoms with van der Waals surface area (Å²) in [6, 6.07) is 8.69. The van der Waals surface area contributed by atoms with Gasteiger partial charge >= 0.3 is 5.97 Å². The number of nitro groups is 1. The van der Waals surface area contributed by atoms with Crippen LogP contribution in [0.3, 0.4) is 0 Å². The molecule has 7 nitrogen and oxygen atoms in total. The molecule has 2 aromatic carbocycles. The fraction of sp³-hybridized carbons (Fsp3) is 0.263. The summed E-state index contributed by atoms with van der Waals surface area (Å²) < 4.78 is 13.6. The van der Waals surface area contributed by atoms with E-state index in [2.05, 4.69) is 0 Å². The van der Waals surface area contributed by atoms with E-state index in [0.29, 0.717) is 18.5 Å². The zero-order chi connectivity index (χ0) is 19.7. The molecule has 0 spiro atoms. The van der Waals surface area contributed by atoms with E-state index in [1.54, 1.807) is 12.1 Å². The minimum absolute atomic E-state index is 0.0721. The molecule has 1 heterocycles. The van der Waals surface area contributed by atoms with Crippen LogP contribution in [0, 0.1) is 21.8 Å². The van der Waals surface area contributed by atoms with E-state index in [4.69, 9.17) is 0 Å². The second-order valence-corrected chi connectivity index (χ2v) is 6.70. The van der Waals surface area contributed by atoms with Crippen molar-refractivity contribution in [3.63, 3.8) is 0 Å². The number of aromatic carboxylic acids is 1. The standard InChI is InChI=1S/C19H17FN2O5/c1-11-5-17(12-3-2-4-15(20)7-12)21(10-11)18(23)13-6-14(19(24)25)9-16(8-13)22(26)27/h2-4,6-9,11,17H,5,10H2,1H3,(H,24,25). The van der Waals surface area contributed by atoms with Gasteiger partial charge in [-0.05, 0) is 36.1 Å². The van der Waals surface area contributed by atoms with Gasteiger partial charge in [0.25, 0.3) is 11.6 Å². The molecule has 1 aliphatic heterocycles. The maximum atomic E-state index is 13.6. The summed E-state index contributed by atoms with van der Waals surface area (Å²) in [5, 5.41) is 20.3. The molecule has 1 saturated heterocycles. The summed E-state index contributed by atoms with van der Waals surface area (Å²) in [6.07, 6.45) is 0.621. The number of halogens is 1.